The van der Waals surface area contributed by atoms with Crippen molar-refractivity contribution in [1.82, 2.24) is 19.7 Å². The van der Waals surface area contributed by atoms with Crippen LogP contribution in [0.2, 0.25) is 5.02 Å². The van der Waals surface area contributed by atoms with Crippen LogP contribution in [-0.4, -0.2) is 50.2 Å². The molecule has 1 fully saturated rings. The molecule has 0 aliphatic carbocycles. The first-order valence-corrected chi connectivity index (χ1v) is 11.0. The molecule has 29 heavy (non-hydrogen) atoms. The summed E-state index contributed by atoms with van der Waals surface area (Å²) in [5.74, 6) is 2.64. The number of hydrogen-bond acceptors (Lipinski definition) is 6. The molecule has 1 saturated heterocycles. The number of aromatic nitrogens is 3. The number of benzene rings is 1. The Hall–Kier alpha value is -1.93. The number of ether oxygens (including phenoxy) is 2. The van der Waals surface area contributed by atoms with Crippen LogP contribution in [0.25, 0.3) is 0 Å². The molecule has 0 radical (unpaired) electrons. The van der Waals surface area contributed by atoms with Gasteiger partial charge in [0.05, 0.1) is 5.02 Å². The average Bonchev–Trinajstić information content (AvgIpc) is 3.25. The number of rotatable bonds is 6. The number of likely N-dealkylation sites (tertiary alicyclic amines) is 1. The largest absolute Gasteiger partial charge is 0.484 e. The lowest BCUT2D eigenvalue weighted by molar-refractivity contribution is 0.0289. The maximum Gasteiger partial charge on any atom is 0.410 e. The SMILES string of the molecule is Cn1c(COc2ccccc2Cl)nnc1SC[C@@H]1CCN(C(=O)OC(C)(C)C)C1. The van der Waals surface area contributed by atoms with E-state index in [4.69, 9.17) is 21.1 Å². The third-order valence-corrected chi connectivity index (χ3v) is 6.07. The zero-order valence-electron chi connectivity index (χ0n) is 17.2. The van der Waals surface area contributed by atoms with E-state index in [2.05, 4.69) is 10.2 Å². The molecule has 0 N–H and O–H groups in total. The van der Waals surface area contributed by atoms with E-state index < -0.39 is 5.60 Å². The molecule has 1 atom stereocenters. The van der Waals surface area contributed by atoms with E-state index in [1.165, 1.54) is 0 Å². The number of amides is 1. The summed E-state index contributed by atoms with van der Waals surface area (Å²) in [7, 11) is 1.93. The van der Waals surface area contributed by atoms with Crippen molar-refractivity contribution in [3.8, 4) is 5.75 Å². The van der Waals surface area contributed by atoms with E-state index in [9.17, 15) is 4.79 Å². The van der Waals surface area contributed by atoms with E-state index in [1.54, 1.807) is 22.7 Å². The van der Waals surface area contributed by atoms with Crippen LogP contribution in [0.5, 0.6) is 5.75 Å². The van der Waals surface area contributed by atoms with E-state index in [0.29, 0.717) is 29.8 Å². The lowest BCUT2D eigenvalue weighted by atomic mass is 10.2. The van der Waals surface area contributed by atoms with Crippen molar-refractivity contribution < 1.29 is 14.3 Å². The number of hydrogen-bond donors (Lipinski definition) is 0. The predicted octanol–water partition coefficient (Wildman–Crippen LogP) is 4.40. The van der Waals surface area contributed by atoms with Crippen LogP contribution in [0.1, 0.15) is 33.0 Å². The molecule has 9 heteroatoms. The van der Waals surface area contributed by atoms with Crippen molar-refractivity contribution in [2.45, 2.75) is 44.6 Å². The Kier molecular flexibility index (Phi) is 6.95. The van der Waals surface area contributed by atoms with Gasteiger partial charge in [0.2, 0.25) is 0 Å². The first-order chi connectivity index (χ1) is 13.7. The fourth-order valence-electron chi connectivity index (χ4n) is 2.95. The fourth-order valence-corrected chi connectivity index (χ4v) is 4.20. The third-order valence-electron chi connectivity index (χ3n) is 4.50. The van der Waals surface area contributed by atoms with Gasteiger partial charge in [0.15, 0.2) is 11.0 Å². The molecule has 1 amide bonds. The van der Waals surface area contributed by atoms with Gasteiger partial charge in [-0.1, -0.05) is 35.5 Å². The number of thioether (sulfide) groups is 1. The summed E-state index contributed by atoms with van der Waals surface area (Å²) in [6.45, 7) is 7.39. The highest BCUT2D eigenvalue weighted by atomic mass is 35.5. The van der Waals surface area contributed by atoms with Crippen LogP contribution >= 0.6 is 23.4 Å². The second-order valence-corrected chi connectivity index (χ2v) is 9.46. The normalized spacial score (nSPS) is 16.9. The van der Waals surface area contributed by atoms with Gasteiger partial charge < -0.3 is 18.9 Å². The first-order valence-electron chi connectivity index (χ1n) is 9.59. The molecule has 158 valence electrons. The van der Waals surface area contributed by atoms with Crippen molar-refractivity contribution in [3.63, 3.8) is 0 Å². The topological polar surface area (TPSA) is 69.5 Å². The monoisotopic (exact) mass is 438 g/mol. The van der Waals surface area contributed by atoms with Crippen molar-refractivity contribution in [3.05, 3.63) is 35.1 Å². The molecule has 0 unspecified atom stereocenters. The number of nitrogens with zero attached hydrogens (tertiary/aromatic N) is 4. The van der Waals surface area contributed by atoms with Crippen molar-refractivity contribution >= 4 is 29.5 Å². The van der Waals surface area contributed by atoms with E-state index >= 15 is 0 Å². The number of halogens is 1. The molecule has 1 aliphatic rings. The van der Waals surface area contributed by atoms with Crippen LogP contribution in [0.3, 0.4) is 0 Å². The lowest BCUT2D eigenvalue weighted by Crippen LogP contribution is -2.35. The number of carbonyl (C=O) groups excluding carboxylic acids is 1. The Morgan fingerprint density at radius 3 is 2.79 bits per heavy atom. The van der Waals surface area contributed by atoms with Gasteiger partial charge in [-0.3, -0.25) is 0 Å². The van der Waals surface area contributed by atoms with Gasteiger partial charge in [0, 0.05) is 25.9 Å². The molecule has 3 rings (SSSR count). The summed E-state index contributed by atoms with van der Waals surface area (Å²) in [4.78, 5) is 14.0. The molecular weight excluding hydrogens is 412 g/mol. The molecule has 0 bridgehead atoms. The molecule has 2 aromatic rings. The minimum Gasteiger partial charge on any atom is -0.484 e. The Morgan fingerprint density at radius 2 is 2.07 bits per heavy atom. The van der Waals surface area contributed by atoms with Gasteiger partial charge in [-0.25, -0.2) is 4.79 Å². The van der Waals surface area contributed by atoms with E-state index in [0.717, 1.165) is 29.7 Å². The van der Waals surface area contributed by atoms with Crippen LogP contribution in [0, 0.1) is 5.92 Å². The van der Waals surface area contributed by atoms with E-state index in [1.807, 2.05) is 50.6 Å². The molecule has 1 aliphatic heterocycles. The first kappa shape index (κ1) is 21.8. The molecule has 1 aromatic carbocycles. The van der Waals surface area contributed by atoms with Crippen molar-refractivity contribution in [2.75, 3.05) is 18.8 Å². The van der Waals surface area contributed by atoms with Gasteiger partial charge in [-0.05, 0) is 45.2 Å². The highest BCUT2D eigenvalue weighted by Crippen LogP contribution is 2.27. The maximum atomic E-state index is 12.2. The van der Waals surface area contributed by atoms with Gasteiger partial charge in [0.25, 0.3) is 0 Å². The zero-order chi connectivity index (χ0) is 21.0. The van der Waals surface area contributed by atoms with Crippen LogP contribution in [-0.2, 0) is 18.4 Å². The molecule has 0 saturated carbocycles. The Balaban J connectivity index is 1.48. The quantitative estimate of drug-likeness (QED) is 0.622. The Bertz CT molecular complexity index is 852. The van der Waals surface area contributed by atoms with Crippen LogP contribution in [0.15, 0.2) is 29.4 Å². The number of para-hydroxylation sites is 1. The third kappa shape index (κ3) is 6.02. The van der Waals surface area contributed by atoms with Crippen LogP contribution in [0.4, 0.5) is 4.79 Å². The Morgan fingerprint density at radius 1 is 1.31 bits per heavy atom. The Labute approximate surface area is 180 Å². The summed E-state index contributed by atoms with van der Waals surface area (Å²) in [5, 5.41) is 9.90. The average molecular weight is 439 g/mol. The highest BCUT2D eigenvalue weighted by molar-refractivity contribution is 7.99. The number of carbonyl (C=O) groups is 1. The zero-order valence-corrected chi connectivity index (χ0v) is 18.8. The summed E-state index contributed by atoms with van der Waals surface area (Å²) in [6, 6.07) is 7.35. The standard InChI is InChI=1S/C20H27ClN4O3S/c1-20(2,3)28-19(26)25-10-9-14(11-25)13-29-18-23-22-17(24(18)4)12-27-16-8-6-5-7-15(16)21/h5-8,14H,9-13H2,1-4H3/t14-/m1/s1. The van der Waals surface area contributed by atoms with Crippen molar-refractivity contribution in [2.24, 2.45) is 13.0 Å². The molecule has 0 spiro atoms. The molecule has 1 aromatic heterocycles. The maximum absolute atomic E-state index is 12.2. The second kappa shape index (κ2) is 9.26. The van der Waals surface area contributed by atoms with Gasteiger partial charge in [0.1, 0.15) is 18.0 Å². The minimum atomic E-state index is -0.467. The predicted molar refractivity (Wildman–Crippen MR) is 113 cm³/mol. The highest BCUT2D eigenvalue weighted by Gasteiger charge is 2.30. The lowest BCUT2D eigenvalue weighted by Gasteiger charge is -2.24. The smallest absolute Gasteiger partial charge is 0.410 e. The molecular formula is C20H27ClN4O3S. The fraction of sp³-hybridized carbons (Fsp3) is 0.550. The minimum absolute atomic E-state index is 0.234. The van der Waals surface area contributed by atoms with E-state index in [-0.39, 0.29) is 6.09 Å². The van der Waals surface area contributed by atoms with Gasteiger partial charge >= 0.3 is 6.09 Å². The molecule has 7 nitrogen and oxygen atoms in total. The van der Waals surface area contributed by atoms with Crippen molar-refractivity contribution in [1.29, 1.82) is 0 Å². The summed E-state index contributed by atoms with van der Waals surface area (Å²) < 4.78 is 13.1. The summed E-state index contributed by atoms with van der Waals surface area (Å²) in [6.07, 6.45) is 0.731. The van der Waals surface area contributed by atoms with Gasteiger partial charge in [-0.2, -0.15) is 0 Å². The summed E-state index contributed by atoms with van der Waals surface area (Å²) in [5.41, 5.74) is -0.467. The second-order valence-electron chi connectivity index (χ2n) is 8.07. The van der Waals surface area contributed by atoms with Crippen LogP contribution < -0.4 is 4.74 Å². The van der Waals surface area contributed by atoms with Gasteiger partial charge in [-0.15, -0.1) is 10.2 Å². The molecule has 2 heterocycles. The summed E-state index contributed by atoms with van der Waals surface area (Å²) >= 11 is 7.76.